The van der Waals surface area contributed by atoms with Crippen LogP contribution in [0.2, 0.25) is 0 Å². The Morgan fingerprint density at radius 3 is 0.905 bits per heavy atom. The monoisotopic (exact) mass is 326 g/mol. The Bertz CT molecular complexity index is 364. The molecule has 0 aromatic heterocycles. The van der Waals surface area contributed by atoms with Gasteiger partial charge in [-0.25, -0.2) is 9.59 Å². The fraction of sp³-hybridized carbons (Fsp3) is 0.778. The molecule has 0 aromatic rings. The van der Waals surface area contributed by atoms with Gasteiger partial charge in [0.05, 0.1) is 0 Å². The maximum atomic E-state index is 10.6. The van der Waals surface area contributed by atoms with Crippen molar-refractivity contribution in [3.05, 3.63) is 0 Å². The van der Waals surface area contributed by atoms with Gasteiger partial charge in [0.2, 0.25) is 0 Å². The molecular weight excluding hydrogens is 314 g/mol. The minimum atomic E-state index is -5.08. The number of carbonyl (C=O) groups is 2. The van der Waals surface area contributed by atoms with Gasteiger partial charge in [0.25, 0.3) is 0 Å². The highest BCUT2D eigenvalue weighted by molar-refractivity contribution is 5.73. The van der Waals surface area contributed by atoms with E-state index in [4.69, 9.17) is 31.3 Å². The van der Waals surface area contributed by atoms with Gasteiger partial charge < -0.3 is 21.7 Å². The van der Waals surface area contributed by atoms with E-state index in [0.29, 0.717) is 0 Å². The highest BCUT2D eigenvalue weighted by Crippen LogP contribution is 2.56. The molecule has 0 aliphatic heterocycles. The summed E-state index contributed by atoms with van der Waals surface area (Å²) in [6.07, 6.45) is -6.96. The summed E-state index contributed by atoms with van der Waals surface area (Å²) in [5.74, 6) is -5.51. The van der Waals surface area contributed by atoms with Crippen molar-refractivity contribution >= 4 is 11.9 Å². The molecule has 3 fully saturated rings. The molecule has 0 atom stereocenters. The van der Waals surface area contributed by atoms with Crippen LogP contribution in [0.15, 0.2) is 0 Å². The average Bonchev–Trinajstić information content (AvgIpc) is 2.12. The quantitative estimate of drug-likeness (QED) is 0.489. The van der Waals surface area contributed by atoms with Crippen LogP contribution in [0.1, 0.15) is 19.3 Å². The second-order valence-corrected chi connectivity index (χ2v) is 4.86. The van der Waals surface area contributed by atoms with Gasteiger partial charge >= 0.3 is 24.3 Å². The maximum absolute atomic E-state index is 10.6. The first kappa shape index (κ1) is 19.4. The predicted molar refractivity (Wildman–Crippen MR) is 55.1 cm³/mol. The van der Waals surface area contributed by atoms with E-state index < -0.39 is 24.3 Å². The maximum Gasteiger partial charge on any atom is 0.490 e. The van der Waals surface area contributed by atoms with Gasteiger partial charge in [-0.2, -0.15) is 26.3 Å². The number of carboxylic acids is 2. The van der Waals surface area contributed by atoms with Crippen LogP contribution in [0.5, 0.6) is 0 Å². The smallest absolute Gasteiger partial charge is 0.475 e. The van der Waals surface area contributed by atoms with Crippen LogP contribution < -0.4 is 11.5 Å². The van der Waals surface area contributed by atoms with Crippen molar-refractivity contribution in [2.75, 3.05) is 0 Å². The molecule has 12 heteroatoms. The Kier molecular flexibility index (Phi) is 5.25. The number of alkyl halides is 6. The molecule has 3 aliphatic carbocycles. The van der Waals surface area contributed by atoms with Crippen LogP contribution in [0.25, 0.3) is 0 Å². The number of nitrogens with two attached hydrogens (primary N) is 2. The van der Waals surface area contributed by atoms with E-state index in [0.717, 1.165) is 19.3 Å². The van der Waals surface area contributed by atoms with Gasteiger partial charge in [-0.1, -0.05) is 0 Å². The Balaban J connectivity index is 0.000000286. The van der Waals surface area contributed by atoms with E-state index >= 15 is 0 Å². The Labute approximate surface area is 113 Å². The van der Waals surface area contributed by atoms with Crippen LogP contribution in [-0.4, -0.2) is 45.6 Å². The van der Waals surface area contributed by atoms with Crippen LogP contribution in [-0.2, 0) is 9.59 Å². The molecule has 0 spiro atoms. The molecule has 6 N–H and O–H groups in total. The second kappa shape index (κ2) is 5.67. The van der Waals surface area contributed by atoms with Crippen molar-refractivity contribution in [1.29, 1.82) is 0 Å². The summed E-state index contributed by atoms with van der Waals surface area (Å²) in [7, 11) is 0. The zero-order valence-corrected chi connectivity index (χ0v) is 10.3. The third-order valence-electron chi connectivity index (χ3n) is 2.60. The summed E-state index contributed by atoms with van der Waals surface area (Å²) in [5, 5.41) is 14.2. The van der Waals surface area contributed by atoms with Gasteiger partial charge in [-0.3, -0.25) is 0 Å². The van der Waals surface area contributed by atoms with Crippen molar-refractivity contribution < 1.29 is 46.1 Å². The van der Waals surface area contributed by atoms with Gasteiger partial charge in [0.1, 0.15) is 0 Å². The highest BCUT2D eigenvalue weighted by Gasteiger charge is 2.63. The highest BCUT2D eigenvalue weighted by atomic mass is 19.4. The lowest BCUT2D eigenvalue weighted by atomic mass is 9.45. The summed E-state index contributed by atoms with van der Waals surface area (Å²) in [4.78, 5) is 17.8. The number of carboxylic acid groups (broad SMARTS) is 2. The van der Waals surface area contributed by atoms with Crippen LogP contribution in [0.3, 0.4) is 0 Å². The molecule has 0 saturated heterocycles. The second-order valence-electron chi connectivity index (χ2n) is 4.86. The molecular formula is C9H12F6N2O4. The van der Waals surface area contributed by atoms with E-state index in [-0.39, 0.29) is 11.1 Å². The van der Waals surface area contributed by atoms with E-state index in [9.17, 15) is 26.3 Å². The molecule has 0 radical (unpaired) electrons. The summed E-state index contributed by atoms with van der Waals surface area (Å²) in [6, 6.07) is 0. The van der Waals surface area contributed by atoms with Crippen LogP contribution in [0, 0.1) is 0 Å². The lowest BCUT2D eigenvalue weighted by Crippen LogP contribution is -2.80. The van der Waals surface area contributed by atoms with Crippen molar-refractivity contribution in [1.82, 2.24) is 0 Å². The van der Waals surface area contributed by atoms with E-state index in [1.54, 1.807) is 0 Å². The Hall–Kier alpha value is -1.56. The minimum absolute atomic E-state index is 0.203. The lowest BCUT2D eigenvalue weighted by Gasteiger charge is -2.67. The van der Waals surface area contributed by atoms with Gasteiger partial charge in [-0.15, -0.1) is 0 Å². The van der Waals surface area contributed by atoms with E-state index in [1.807, 2.05) is 0 Å². The Morgan fingerprint density at radius 2 is 0.905 bits per heavy atom. The zero-order chi connectivity index (χ0) is 17.3. The zero-order valence-electron chi connectivity index (χ0n) is 10.3. The number of hydrogen-bond acceptors (Lipinski definition) is 4. The molecule has 0 aromatic carbocycles. The van der Waals surface area contributed by atoms with Gasteiger partial charge in [0.15, 0.2) is 0 Å². The molecule has 3 aliphatic rings. The molecule has 21 heavy (non-hydrogen) atoms. The third kappa shape index (κ3) is 6.16. The summed E-state index contributed by atoms with van der Waals surface area (Å²) in [6.45, 7) is 0. The number of rotatable bonds is 0. The molecule has 3 saturated carbocycles. The lowest BCUT2D eigenvalue weighted by molar-refractivity contribution is -0.193. The topological polar surface area (TPSA) is 127 Å². The summed E-state index contributed by atoms with van der Waals surface area (Å²) in [5.41, 5.74) is 11.8. The number of aliphatic carboxylic acids is 2. The fourth-order valence-corrected chi connectivity index (χ4v) is 1.95. The van der Waals surface area contributed by atoms with Gasteiger partial charge in [-0.05, 0) is 19.3 Å². The van der Waals surface area contributed by atoms with E-state index in [1.165, 1.54) is 0 Å². The minimum Gasteiger partial charge on any atom is -0.475 e. The third-order valence-corrected chi connectivity index (χ3v) is 2.60. The molecule has 3 rings (SSSR count). The first-order chi connectivity index (χ1) is 9.01. The molecule has 124 valence electrons. The first-order valence-corrected chi connectivity index (χ1v) is 5.19. The molecule has 0 heterocycles. The first-order valence-electron chi connectivity index (χ1n) is 5.19. The molecule has 6 nitrogen and oxygen atoms in total. The number of halogens is 6. The predicted octanol–water partition coefficient (Wildman–Crippen LogP) is 0.845. The fourth-order valence-electron chi connectivity index (χ4n) is 1.95. The summed E-state index contributed by atoms with van der Waals surface area (Å²) < 4.78 is 63.5. The SMILES string of the molecule is NC12CC(N)(C1)C2.O=C(O)C(F)(F)F.O=C(O)C(F)(F)F. The van der Waals surface area contributed by atoms with Crippen molar-refractivity contribution in [2.45, 2.75) is 42.7 Å². The van der Waals surface area contributed by atoms with E-state index in [2.05, 4.69) is 0 Å². The van der Waals surface area contributed by atoms with Crippen molar-refractivity contribution in [3.63, 3.8) is 0 Å². The molecule has 2 bridgehead atoms. The Morgan fingerprint density at radius 1 is 0.762 bits per heavy atom. The van der Waals surface area contributed by atoms with Crippen LogP contribution >= 0.6 is 0 Å². The van der Waals surface area contributed by atoms with Crippen molar-refractivity contribution in [2.24, 2.45) is 11.5 Å². The average molecular weight is 326 g/mol. The van der Waals surface area contributed by atoms with Crippen molar-refractivity contribution in [3.8, 4) is 0 Å². The molecule has 0 unspecified atom stereocenters. The number of hydrogen-bond donors (Lipinski definition) is 4. The van der Waals surface area contributed by atoms with Gasteiger partial charge in [0, 0.05) is 11.1 Å². The summed E-state index contributed by atoms with van der Waals surface area (Å²) >= 11 is 0. The standard InChI is InChI=1S/C5H10N2.2C2HF3O2/c6-4-1-5(7,2-4)3-4;2*3-2(4,5)1(6)7/h1-3,6-7H2;2*(H,6,7). The van der Waals surface area contributed by atoms with Crippen LogP contribution in [0.4, 0.5) is 26.3 Å². The molecule has 0 amide bonds. The normalized spacial score (nSPS) is 29.5. The largest absolute Gasteiger partial charge is 0.490 e.